The predicted octanol–water partition coefficient (Wildman–Crippen LogP) is 5.14. The molecule has 1 fully saturated rings. The molecule has 1 N–H and O–H groups in total. The molecule has 0 atom stereocenters. The number of halogens is 1. The van der Waals surface area contributed by atoms with Gasteiger partial charge in [-0.1, -0.05) is 23.7 Å². The Balaban J connectivity index is 1.24. The average molecular weight is 461 g/mol. The standard InChI is InChI=1S/C25H21ClN4O3/c26-16-5-10-19(11-6-16)33-24-14-7-17(15-27-24)28-23(31)13-12-22-29-21-4-2-1-3-20(21)25(32)30(22)18-8-9-18/h1-7,10-11,14-15,18H,8-9,12-13H2,(H,28,31). The Kier molecular flexibility index (Phi) is 5.79. The number of nitrogens with one attached hydrogen (secondary N) is 1. The van der Waals surface area contributed by atoms with Gasteiger partial charge in [0.2, 0.25) is 11.8 Å². The number of carbonyl (C=O) groups excluding carboxylic acids is 1. The van der Waals surface area contributed by atoms with Gasteiger partial charge in [-0.3, -0.25) is 14.2 Å². The first kappa shape index (κ1) is 21.2. The van der Waals surface area contributed by atoms with Crippen LogP contribution in [0.25, 0.3) is 10.9 Å². The van der Waals surface area contributed by atoms with Gasteiger partial charge in [-0.15, -0.1) is 0 Å². The Morgan fingerprint density at radius 2 is 1.88 bits per heavy atom. The van der Waals surface area contributed by atoms with Crippen molar-refractivity contribution < 1.29 is 9.53 Å². The van der Waals surface area contributed by atoms with Crippen LogP contribution in [0.1, 0.15) is 31.1 Å². The highest BCUT2D eigenvalue weighted by atomic mass is 35.5. The van der Waals surface area contributed by atoms with Crippen molar-refractivity contribution in [2.45, 2.75) is 31.7 Å². The lowest BCUT2D eigenvalue weighted by Gasteiger charge is -2.13. The van der Waals surface area contributed by atoms with Crippen molar-refractivity contribution in [3.8, 4) is 11.6 Å². The van der Waals surface area contributed by atoms with Gasteiger partial charge in [-0.2, -0.15) is 0 Å². The fourth-order valence-electron chi connectivity index (χ4n) is 3.66. The maximum Gasteiger partial charge on any atom is 0.261 e. The zero-order chi connectivity index (χ0) is 22.8. The molecule has 1 aliphatic rings. The summed E-state index contributed by atoms with van der Waals surface area (Å²) in [6, 6.07) is 17.9. The van der Waals surface area contributed by atoms with E-state index in [1.807, 2.05) is 18.2 Å². The Morgan fingerprint density at radius 1 is 1.09 bits per heavy atom. The average Bonchev–Trinajstić information content (AvgIpc) is 3.66. The zero-order valence-corrected chi connectivity index (χ0v) is 18.5. The van der Waals surface area contributed by atoms with Gasteiger partial charge >= 0.3 is 0 Å². The second kappa shape index (κ2) is 9.03. The van der Waals surface area contributed by atoms with Crippen molar-refractivity contribution in [3.05, 3.63) is 88.1 Å². The molecule has 0 saturated heterocycles. The minimum atomic E-state index is -0.173. The number of pyridine rings is 1. The molecule has 2 aromatic carbocycles. The number of nitrogens with zero attached hydrogens (tertiary/aromatic N) is 3. The molecule has 1 saturated carbocycles. The van der Waals surface area contributed by atoms with Crippen LogP contribution < -0.4 is 15.6 Å². The van der Waals surface area contributed by atoms with Gasteiger partial charge in [0.25, 0.3) is 5.56 Å². The van der Waals surface area contributed by atoms with Gasteiger partial charge in [0.1, 0.15) is 11.6 Å². The Bertz CT molecular complexity index is 1360. The van der Waals surface area contributed by atoms with Crippen LogP contribution in [0.4, 0.5) is 5.69 Å². The van der Waals surface area contributed by atoms with Crippen molar-refractivity contribution in [1.82, 2.24) is 14.5 Å². The third-order valence-corrected chi connectivity index (χ3v) is 5.68. The van der Waals surface area contributed by atoms with E-state index in [9.17, 15) is 9.59 Å². The number of anilines is 1. The van der Waals surface area contributed by atoms with Crippen LogP contribution in [0.15, 0.2) is 71.7 Å². The van der Waals surface area contributed by atoms with E-state index in [0.717, 1.165) is 12.8 Å². The summed E-state index contributed by atoms with van der Waals surface area (Å²) >= 11 is 5.88. The van der Waals surface area contributed by atoms with E-state index in [2.05, 4.69) is 15.3 Å². The molecule has 166 valence electrons. The van der Waals surface area contributed by atoms with Gasteiger partial charge in [0.15, 0.2) is 0 Å². The van der Waals surface area contributed by atoms with Crippen molar-refractivity contribution >= 4 is 34.1 Å². The van der Waals surface area contributed by atoms with Crippen molar-refractivity contribution in [1.29, 1.82) is 0 Å². The summed E-state index contributed by atoms with van der Waals surface area (Å²) in [5.74, 6) is 1.51. The van der Waals surface area contributed by atoms with Crippen LogP contribution in [-0.4, -0.2) is 20.4 Å². The van der Waals surface area contributed by atoms with E-state index in [0.29, 0.717) is 45.5 Å². The largest absolute Gasteiger partial charge is 0.439 e. The fraction of sp³-hybridized carbons (Fsp3) is 0.200. The van der Waals surface area contributed by atoms with E-state index < -0.39 is 0 Å². The van der Waals surface area contributed by atoms with E-state index in [1.54, 1.807) is 47.0 Å². The number of hydrogen-bond acceptors (Lipinski definition) is 5. The van der Waals surface area contributed by atoms with E-state index in [-0.39, 0.29) is 23.9 Å². The molecule has 4 aromatic rings. The Hall–Kier alpha value is -3.71. The Morgan fingerprint density at radius 3 is 2.61 bits per heavy atom. The molecule has 1 amide bonds. The van der Waals surface area contributed by atoms with Crippen LogP contribution in [-0.2, 0) is 11.2 Å². The first-order valence-electron chi connectivity index (χ1n) is 10.8. The van der Waals surface area contributed by atoms with Crippen LogP contribution >= 0.6 is 11.6 Å². The lowest BCUT2D eigenvalue weighted by atomic mass is 10.2. The maximum absolute atomic E-state index is 12.9. The molecule has 5 rings (SSSR count). The number of ether oxygens (including phenoxy) is 1. The highest BCUT2D eigenvalue weighted by Crippen LogP contribution is 2.35. The number of para-hydroxylation sites is 1. The summed E-state index contributed by atoms with van der Waals surface area (Å²) < 4.78 is 7.43. The zero-order valence-electron chi connectivity index (χ0n) is 17.7. The molecule has 8 heteroatoms. The molecule has 0 radical (unpaired) electrons. The van der Waals surface area contributed by atoms with Crippen molar-refractivity contribution in [2.75, 3.05) is 5.32 Å². The molecule has 0 unspecified atom stereocenters. The number of hydrogen-bond donors (Lipinski definition) is 1. The highest BCUT2D eigenvalue weighted by Gasteiger charge is 2.28. The van der Waals surface area contributed by atoms with Gasteiger partial charge in [-0.25, -0.2) is 9.97 Å². The summed E-state index contributed by atoms with van der Waals surface area (Å²) in [6.07, 6.45) is 4.07. The molecule has 0 bridgehead atoms. The molecule has 0 aliphatic heterocycles. The second-order valence-electron chi connectivity index (χ2n) is 7.94. The van der Waals surface area contributed by atoms with Crippen LogP contribution in [0.2, 0.25) is 5.02 Å². The molecule has 1 aliphatic carbocycles. The number of amides is 1. The first-order valence-corrected chi connectivity index (χ1v) is 11.1. The van der Waals surface area contributed by atoms with Crippen LogP contribution in [0, 0.1) is 0 Å². The van der Waals surface area contributed by atoms with Gasteiger partial charge in [0, 0.05) is 30.0 Å². The molecular weight excluding hydrogens is 440 g/mol. The normalized spacial score (nSPS) is 13.1. The smallest absolute Gasteiger partial charge is 0.261 e. The van der Waals surface area contributed by atoms with Crippen molar-refractivity contribution in [2.24, 2.45) is 0 Å². The quantitative estimate of drug-likeness (QED) is 0.412. The van der Waals surface area contributed by atoms with Crippen molar-refractivity contribution in [3.63, 3.8) is 0 Å². The number of benzene rings is 2. The first-order chi connectivity index (χ1) is 16.1. The number of fused-ring (bicyclic) bond motifs is 1. The molecule has 2 heterocycles. The summed E-state index contributed by atoms with van der Waals surface area (Å²) in [6.45, 7) is 0. The maximum atomic E-state index is 12.9. The molecule has 0 spiro atoms. The summed E-state index contributed by atoms with van der Waals surface area (Å²) in [7, 11) is 0. The topological polar surface area (TPSA) is 86.1 Å². The number of rotatable bonds is 7. The van der Waals surface area contributed by atoms with Gasteiger partial charge in [-0.05, 0) is 55.3 Å². The number of aryl methyl sites for hydroxylation is 1. The number of aromatic nitrogens is 3. The van der Waals surface area contributed by atoms with Crippen LogP contribution in [0.3, 0.4) is 0 Å². The minimum Gasteiger partial charge on any atom is -0.439 e. The third-order valence-electron chi connectivity index (χ3n) is 5.42. The molecular formula is C25H21ClN4O3. The van der Waals surface area contributed by atoms with Gasteiger partial charge in [0.05, 0.1) is 22.8 Å². The van der Waals surface area contributed by atoms with Gasteiger partial charge < -0.3 is 10.1 Å². The monoisotopic (exact) mass is 460 g/mol. The lowest BCUT2D eigenvalue weighted by molar-refractivity contribution is -0.116. The molecule has 2 aromatic heterocycles. The summed E-state index contributed by atoms with van der Waals surface area (Å²) in [4.78, 5) is 34.4. The van der Waals surface area contributed by atoms with E-state index in [4.69, 9.17) is 16.3 Å². The fourth-order valence-corrected chi connectivity index (χ4v) is 3.79. The molecule has 7 nitrogen and oxygen atoms in total. The lowest BCUT2D eigenvalue weighted by Crippen LogP contribution is -2.25. The summed E-state index contributed by atoms with van der Waals surface area (Å²) in [5, 5.41) is 4.08. The molecule has 33 heavy (non-hydrogen) atoms. The minimum absolute atomic E-state index is 0.0287. The second-order valence-corrected chi connectivity index (χ2v) is 8.38. The highest BCUT2D eigenvalue weighted by molar-refractivity contribution is 6.30. The van der Waals surface area contributed by atoms with E-state index >= 15 is 0 Å². The SMILES string of the molecule is O=C(CCc1nc2ccccc2c(=O)n1C1CC1)Nc1ccc(Oc2ccc(Cl)cc2)nc1. The van der Waals surface area contributed by atoms with Crippen LogP contribution in [0.5, 0.6) is 11.6 Å². The third kappa shape index (κ3) is 4.88. The number of carbonyl (C=O) groups is 1. The Labute approximate surface area is 195 Å². The summed E-state index contributed by atoms with van der Waals surface area (Å²) in [5.41, 5.74) is 1.20. The predicted molar refractivity (Wildman–Crippen MR) is 127 cm³/mol. The van der Waals surface area contributed by atoms with E-state index in [1.165, 1.54) is 6.20 Å².